The van der Waals surface area contributed by atoms with Crippen LogP contribution in [0.3, 0.4) is 0 Å². The highest BCUT2D eigenvalue weighted by Crippen LogP contribution is 2.30. The van der Waals surface area contributed by atoms with Crippen molar-refractivity contribution < 1.29 is 9.53 Å². The van der Waals surface area contributed by atoms with Crippen LogP contribution in [0.1, 0.15) is 53.9 Å². The fraction of sp³-hybridized carbons (Fsp3) is 0.938. The summed E-state index contributed by atoms with van der Waals surface area (Å²) in [7, 11) is 0. The first-order chi connectivity index (χ1) is 9.76. The molecule has 0 aromatic rings. The quantitative estimate of drug-likeness (QED) is 0.722. The average molecular weight is 299 g/mol. The molecular formula is C16H33N3O2. The van der Waals surface area contributed by atoms with Crippen molar-refractivity contribution in [1.82, 2.24) is 10.2 Å². The van der Waals surface area contributed by atoms with Crippen LogP contribution < -0.4 is 11.1 Å². The summed E-state index contributed by atoms with van der Waals surface area (Å²) in [4.78, 5) is 14.3. The summed E-state index contributed by atoms with van der Waals surface area (Å²) >= 11 is 0. The SMILES string of the molecule is CCCN(CC1CC1)C(CN)C(C)NC(=O)OC(C)(C)C. The Morgan fingerprint density at radius 1 is 1.43 bits per heavy atom. The van der Waals surface area contributed by atoms with Crippen LogP contribution in [0.5, 0.6) is 0 Å². The zero-order valence-corrected chi connectivity index (χ0v) is 14.3. The maximum absolute atomic E-state index is 11.9. The van der Waals surface area contributed by atoms with Crippen LogP contribution in [-0.2, 0) is 4.74 Å². The number of nitrogens with zero attached hydrogens (tertiary/aromatic N) is 1. The summed E-state index contributed by atoms with van der Waals surface area (Å²) < 4.78 is 5.33. The molecular weight excluding hydrogens is 266 g/mol. The van der Waals surface area contributed by atoms with Crippen LogP contribution in [-0.4, -0.2) is 48.3 Å². The standard InChI is InChI=1S/C16H33N3O2/c1-6-9-19(11-13-7-8-13)14(10-17)12(2)18-15(20)21-16(3,4)5/h12-14H,6-11,17H2,1-5H3,(H,18,20). The molecule has 5 nitrogen and oxygen atoms in total. The molecule has 1 aliphatic carbocycles. The highest BCUT2D eigenvalue weighted by Gasteiger charge is 2.30. The van der Waals surface area contributed by atoms with Crippen molar-refractivity contribution >= 4 is 6.09 Å². The molecule has 1 aliphatic rings. The van der Waals surface area contributed by atoms with E-state index in [0.717, 1.165) is 25.4 Å². The second-order valence-corrected chi connectivity index (χ2v) is 7.18. The number of ether oxygens (including phenoxy) is 1. The number of carbonyl (C=O) groups excluding carboxylic acids is 1. The van der Waals surface area contributed by atoms with Crippen molar-refractivity contribution in [3.63, 3.8) is 0 Å². The molecule has 1 rings (SSSR count). The minimum absolute atomic E-state index is 0.0184. The minimum atomic E-state index is -0.473. The number of nitrogens with one attached hydrogen (secondary N) is 1. The molecule has 0 heterocycles. The number of hydrogen-bond acceptors (Lipinski definition) is 4. The monoisotopic (exact) mass is 299 g/mol. The Labute approximate surface area is 129 Å². The van der Waals surface area contributed by atoms with Crippen molar-refractivity contribution in [1.29, 1.82) is 0 Å². The molecule has 0 radical (unpaired) electrons. The van der Waals surface area contributed by atoms with Gasteiger partial charge in [0, 0.05) is 25.2 Å². The predicted octanol–water partition coefficient (Wildman–Crippen LogP) is 2.35. The van der Waals surface area contributed by atoms with Gasteiger partial charge in [-0.15, -0.1) is 0 Å². The summed E-state index contributed by atoms with van der Waals surface area (Å²) in [6.45, 7) is 12.5. The van der Waals surface area contributed by atoms with Gasteiger partial charge >= 0.3 is 6.09 Å². The van der Waals surface area contributed by atoms with E-state index in [-0.39, 0.29) is 18.2 Å². The smallest absolute Gasteiger partial charge is 0.407 e. The molecule has 1 fully saturated rings. The van der Waals surface area contributed by atoms with Crippen LogP contribution in [0.15, 0.2) is 0 Å². The van der Waals surface area contributed by atoms with Crippen molar-refractivity contribution in [2.75, 3.05) is 19.6 Å². The van der Waals surface area contributed by atoms with Gasteiger partial charge in [0.05, 0.1) is 0 Å². The number of alkyl carbamates (subject to hydrolysis) is 1. The first-order valence-electron chi connectivity index (χ1n) is 8.20. The Kier molecular flexibility index (Phi) is 6.94. The lowest BCUT2D eigenvalue weighted by Crippen LogP contribution is -2.55. The third-order valence-electron chi connectivity index (χ3n) is 3.73. The molecule has 5 heteroatoms. The second kappa shape index (κ2) is 7.99. The molecule has 0 spiro atoms. The lowest BCUT2D eigenvalue weighted by atomic mass is 10.1. The van der Waals surface area contributed by atoms with Crippen LogP contribution in [0.4, 0.5) is 4.79 Å². The highest BCUT2D eigenvalue weighted by atomic mass is 16.6. The van der Waals surface area contributed by atoms with E-state index < -0.39 is 5.60 Å². The summed E-state index contributed by atoms with van der Waals surface area (Å²) in [6, 6.07) is 0.146. The molecule has 0 saturated heterocycles. The number of rotatable bonds is 8. The van der Waals surface area contributed by atoms with Crippen LogP contribution >= 0.6 is 0 Å². The normalized spacial score (nSPS) is 18.4. The van der Waals surface area contributed by atoms with E-state index in [4.69, 9.17) is 10.5 Å². The van der Waals surface area contributed by atoms with Crippen molar-refractivity contribution in [2.24, 2.45) is 11.7 Å². The second-order valence-electron chi connectivity index (χ2n) is 7.18. The number of hydrogen-bond donors (Lipinski definition) is 2. The molecule has 21 heavy (non-hydrogen) atoms. The summed E-state index contributed by atoms with van der Waals surface area (Å²) in [5.41, 5.74) is 5.50. The molecule has 0 aliphatic heterocycles. The third kappa shape index (κ3) is 7.14. The summed E-state index contributed by atoms with van der Waals surface area (Å²) in [6.07, 6.45) is 3.38. The Morgan fingerprint density at radius 2 is 2.05 bits per heavy atom. The molecule has 0 aromatic heterocycles. The maximum Gasteiger partial charge on any atom is 0.407 e. The molecule has 3 N–H and O–H groups in total. The predicted molar refractivity (Wildman–Crippen MR) is 86.3 cm³/mol. The lowest BCUT2D eigenvalue weighted by molar-refractivity contribution is 0.0468. The summed E-state index contributed by atoms with van der Waals surface area (Å²) in [5, 5.41) is 2.94. The molecule has 1 saturated carbocycles. The molecule has 2 unspecified atom stereocenters. The van der Waals surface area contributed by atoms with E-state index in [9.17, 15) is 4.79 Å². The molecule has 124 valence electrons. The van der Waals surface area contributed by atoms with E-state index in [2.05, 4.69) is 17.1 Å². The van der Waals surface area contributed by atoms with E-state index in [0.29, 0.717) is 6.54 Å². The van der Waals surface area contributed by atoms with Gasteiger partial charge in [-0.1, -0.05) is 6.92 Å². The average Bonchev–Trinajstić information content (AvgIpc) is 3.11. The van der Waals surface area contributed by atoms with Gasteiger partial charge in [0.2, 0.25) is 0 Å². The van der Waals surface area contributed by atoms with Crippen molar-refractivity contribution in [2.45, 2.75) is 71.6 Å². The molecule has 1 amide bonds. The van der Waals surface area contributed by atoms with Gasteiger partial charge in [0.15, 0.2) is 0 Å². The highest BCUT2D eigenvalue weighted by molar-refractivity contribution is 5.68. The van der Waals surface area contributed by atoms with Gasteiger partial charge in [-0.2, -0.15) is 0 Å². The number of nitrogens with two attached hydrogens (primary N) is 1. The Morgan fingerprint density at radius 3 is 2.48 bits per heavy atom. The Hall–Kier alpha value is -0.810. The van der Waals surface area contributed by atoms with Crippen LogP contribution in [0.2, 0.25) is 0 Å². The van der Waals surface area contributed by atoms with Gasteiger partial charge in [-0.3, -0.25) is 4.90 Å². The van der Waals surface area contributed by atoms with Gasteiger partial charge in [0.25, 0.3) is 0 Å². The van der Waals surface area contributed by atoms with E-state index >= 15 is 0 Å². The lowest BCUT2D eigenvalue weighted by Gasteiger charge is -2.35. The first-order valence-corrected chi connectivity index (χ1v) is 8.20. The Balaban J connectivity index is 2.56. The fourth-order valence-corrected chi connectivity index (χ4v) is 2.57. The zero-order valence-electron chi connectivity index (χ0n) is 14.3. The van der Waals surface area contributed by atoms with Gasteiger partial charge < -0.3 is 15.8 Å². The third-order valence-corrected chi connectivity index (χ3v) is 3.73. The van der Waals surface area contributed by atoms with E-state index in [1.54, 1.807) is 0 Å². The number of amides is 1. The van der Waals surface area contributed by atoms with Crippen molar-refractivity contribution in [3.8, 4) is 0 Å². The van der Waals surface area contributed by atoms with E-state index in [1.165, 1.54) is 12.8 Å². The van der Waals surface area contributed by atoms with Gasteiger partial charge in [-0.25, -0.2) is 4.79 Å². The first kappa shape index (κ1) is 18.2. The maximum atomic E-state index is 11.9. The minimum Gasteiger partial charge on any atom is -0.444 e. The Bertz CT molecular complexity index is 324. The molecule has 2 atom stereocenters. The zero-order chi connectivity index (χ0) is 16.0. The molecule has 0 aromatic carbocycles. The summed E-state index contributed by atoms with van der Waals surface area (Å²) in [5.74, 6) is 0.819. The van der Waals surface area contributed by atoms with Crippen LogP contribution in [0.25, 0.3) is 0 Å². The van der Waals surface area contributed by atoms with Gasteiger partial charge in [-0.05, 0) is 59.4 Å². The topological polar surface area (TPSA) is 67.6 Å². The van der Waals surface area contributed by atoms with Crippen LogP contribution in [0, 0.1) is 5.92 Å². The largest absolute Gasteiger partial charge is 0.444 e. The van der Waals surface area contributed by atoms with Gasteiger partial charge in [0.1, 0.15) is 5.60 Å². The fourth-order valence-electron chi connectivity index (χ4n) is 2.57. The van der Waals surface area contributed by atoms with Crippen molar-refractivity contribution in [3.05, 3.63) is 0 Å². The molecule has 0 bridgehead atoms. The number of carbonyl (C=O) groups is 1. The van der Waals surface area contributed by atoms with E-state index in [1.807, 2.05) is 27.7 Å².